The molecule has 0 atom stereocenters. The topological polar surface area (TPSA) is 17.1 Å². The van der Waals surface area contributed by atoms with Crippen LogP contribution in [0.3, 0.4) is 0 Å². The molecule has 0 bridgehead atoms. The SMILES string of the molecule is Cc1ccc(Sc2c(C)cccc2C=O)cc1. The molecule has 2 heteroatoms. The van der Waals surface area contributed by atoms with Gasteiger partial charge in [0.1, 0.15) is 0 Å². The van der Waals surface area contributed by atoms with E-state index in [0.29, 0.717) is 0 Å². The maximum atomic E-state index is 11.0. The maximum absolute atomic E-state index is 11.0. The zero-order valence-electron chi connectivity index (χ0n) is 9.94. The highest BCUT2D eigenvalue weighted by molar-refractivity contribution is 7.99. The predicted molar refractivity (Wildman–Crippen MR) is 71.9 cm³/mol. The first-order chi connectivity index (χ1) is 8.20. The average molecular weight is 242 g/mol. The van der Waals surface area contributed by atoms with Gasteiger partial charge in [-0.2, -0.15) is 0 Å². The van der Waals surface area contributed by atoms with Gasteiger partial charge in [-0.15, -0.1) is 0 Å². The van der Waals surface area contributed by atoms with E-state index in [2.05, 4.69) is 31.2 Å². The normalized spacial score (nSPS) is 10.2. The largest absolute Gasteiger partial charge is 0.298 e. The van der Waals surface area contributed by atoms with Crippen LogP contribution in [-0.4, -0.2) is 6.29 Å². The molecule has 0 aliphatic heterocycles. The molecule has 17 heavy (non-hydrogen) atoms. The molecule has 0 amide bonds. The molecule has 0 fully saturated rings. The van der Waals surface area contributed by atoms with Crippen molar-refractivity contribution in [3.05, 3.63) is 59.2 Å². The molecule has 0 saturated heterocycles. The fourth-order valence-corrected chi connectivity index (χ4v) is 2.60. The summed E-state index contributed by atoms with van der Waals surface area (Å²) in [6, 6.07) is 14.1. The van der Waals surface area contributed by atoms with Crippen molar-refractivity contribution in [3.8, 4) is 0 Å². The Bertz CT molecular complexity index is 529. The smallest absolute Gasteiger partial charge is 0.151 e. The second-order valence-electron chi connectivity index (χ2n) is 4.03. The summed E-state index contributed by atoms with van der Waals surface area (Å²) in [4.78, 5) is 13.2. The van der Waals surface area contributed by atoms with Crippen LogP contribution in [-0.2, 0) is 0 Å². The summed E-state index contributed by atoms with van der Waals surface area (Å²) < 4.78 is 0. The molecule has 2 rings (SSSR count). The van der Waals surface area contributed by atoms with Crippen molar-refractivity contribution in [2.75, 3.05) is 0 Å². The maximum Gasteiger partial charge on any atom is 0.151 e. The van der Waals surface area contributed by atoms with Crippen molar-refractivity contribution >= 4 is 18.0 Å². The van der Waals surface area contributed by atoms with Crippen molar-refractivity contribution < 1.29 is 4.79 Å². The molecule has 2 aromatic carbocycles. The fourth-order valence-electron chi connectivity index (χ4n) is 1.63. The van der Waals surface area contributed by atoms with Crippen LogP contribution in [0.4, 0.5) is 0 Å². The highest BCUT2D eigenvalue weighted by atomic mass is 32.2. The van der Waals surface area contributed by atoms with E-state index >= 15 is 0 Å². The molecule has 0 radical (unpaired) electrons. The number of carbonyl (C=O) groups is 1. The highest BCUT2D eigenvalue weighted by Gasteiger charge is 2.06. The summed E-state index contributed by atoms with van der Waals surface area (Å²) in [7, 11) is 0. The zero-order chi connectivity index (χ0) is 12.3. The lowest BCUT2D eigenvalue weighted by Crippen LogP contribution is -1.88. The third kappa shape index (κ3) is 2.77. The van der Waals surface area contributed by atoms with Gasteiger partial charge >= 0.3 is 0 Å². The van der Waals surface area contributed by atoms with Gasteiger partial charge in [0.2, 0.25) is 0 Å². The van der Waals surface area contributed by atoms with Gasteiger partial charge in [-0.05, 0) is 31.5 Å². The minimum Gasteiger partial charge on any atom is -0.298 e. The average Bonchev–Trinajstić information content (AvgIpc) is 2.34. The Morgan fingerprint density at radius 3 is 2.35 bits per heavy atom. The van der Waals surface area contributed by atoms with Crippen molar-refractivity contribution in [3.63, 3.8) is 0 Å². The molecule has 0 aliphatic rings. The molecular weight excluding hydrogens is 228 g/mol. The summed E-state index contributed by atoms with van der Waals surface area (Å²) >= 11 is 1.64. The first-order valence-corrected chi connectivity index (χ1v) is 6.31. The monoisotopic (exact) mass is 242 g/mol. The number of aryl methyl sites for hydroxylation is 2. The standard InChI is InChI=1S/C15H14OS/c1-11-6-8-14(9-7-11)17-15-12(2)4-3-5-13(15)10-16/h3-10H,1-2H3. The van der Waals surface area contributed by atoms with Crippen molar-refractivity contribution in [2.24, 2.45) is 0 Å². The summed E-state index contributed by atoms with van der Waals surface area (Å²) in [6.45, 7) is 4.10. The number of aldehydes is 1. The fraction of sp³-hybridized carbons (Fsp3) is 0.133. The number of hydrogen-bond donors (Lipinski definition) is 0. The molecule has 0 N–H and O–H groups in total. The third-order valence-electron chi connectivity index (χ3n) is 2.61. The molecular formula is C15H14OS. The highest BCUT2D eigenvalue weighted by Crippen LogP contribution is 2.32. The van der Waals surface area contributed by atoms with Crippen LogP contribution >= 0.6 is 11.8 Å². The summed E-state index contributed by atoms with van der Waals surface area (Å²) in [5.41, 5.74) is 3.14. The van der Waals surface area contributed by atoms with Crippen LogP contribution in [0, 0.1) is 13.8 Å². The third-order valence-corrected chi connectivity index (χ3v) is 3.88. The Hall–Kier alpha value is -1.54. The van der Waals surface area contributed by atoms with Gasteiger partial charge in [0.15, 0.2) is 6.29 Å². The van der Waals surface area contributed by atoms with Gasteiger partial charge < -0.3 is 0 Å². The van der Waals surface area contributed by atoms with Gasteiger partial charge in [0, 0.05) is 15.4 Å². The molecule has 86 valence electrons. The van der Waals surface area contributed by atoms with Gasteiger partial charge in [-0.1, -0.05) is 47.7 Å². The second kappa shape index (κ2) is 5.19. The Labute approximate surface area is 106 Å². The van der Waals surface area contributed by atoms with Crippen LogP contribution < -0.4 is 0 Å². The molecule has 2 aromatic rings. The van der Waals surface area contributed by atoms with Crippen LogP contribution in [0.15, 0.2) is 52.3 Å². The van der Waals surface area contributed by atoms with Crippen LogP contribution in [0.2, 0.25) is 0 Å². The minimum absolute atomic E-state index is 0.760. The summed E-state index contributed by atoms with van der Waals surface area (Å²) in [5, 5.41) is 0. The zero-order valence-corrected chi connectivity index (χ0v) is 10.8. The van der Waals surface area contributed by atoms with E-state index in [9.17, 15) is 4.79 Å². The van der Waals surface area contributed by atoms with Crippen LogP contribution in [0.25, 0.3) is 0 Å². The van der Waals surface area contributed by atoms with E-state index in [4.69, 9.17) is 0 Å². The van der Waals surface area contributed by atoms with Gasteiger partial charge in [0.05, 0.1) is 0 Å². The minimum atomic E-state index is 0.760. The molecule has 0 unspecified atom stereocenters. The molecule has 0 aromatic heterocycles. The Morgan fingerprint density at radius 2 is 1.71 bits per heavy atom. The molecule has 0 spiro atoms. The van der Waals surface area contributed by atoms with E-state index in [0.717, 1.165) is 27.2 Å². The quantitative estimate of drug-likeness (QED) is 0.748. The molecule has 0 heterocycles. The predicted octanol–water partition coefficient (Wildman–Crippen LogP) is 4.27. The van der Waals surface area contributed by atoms with E-state index in [1.54, 1.807) is 11.8 Å². The lowest BCUT2D eigenvalue weighted by molar-refractivity contribution is 0.112. The van der Waals surface area contributed by atoms with Gasteiger partial charge in [-0.25, -0.2) is 0 Å². The number of rotatable bonds is 3. The molecule has 1 nitrogen and oxygen atoms in total. The molecule has 0 saturated carbocycles. The summed E-state index contributed by atoms with van der Waals surface area (Å²) in [6.07, 6.45) is 0.920. The van der Waals surface area contributed by atoms with E-state index in [1.807, 2.05) is 25.1 Å². The van der Waals surface area contributed by atoms with Gasteiger partial charge in [-0.3, -0.25) is 4.79 Å². The van der Waals surface area contributed by atoms with E-state index < -0.39 is 0 Å². The number of carbonyl (C=O) groups excluding carboxylic acids is 1. The second-order valence-corrected chi connectivity index (χ2v) is 5.11. The Kier molecular flexibility index (Phi) is 3.64. The Balaban J connectivity index is 2.35. The Morgan fingerprint density at radius 1 is 1.00 bits per heavy atom. The first kappa shape index (κ1) is 11.9. The van der Waals surface area contributed by atoms with Gasteiger partial charge in [0.25, 0.3) is 0 Å². The van der Waals surface area contributed by atoms with E-state index in [-0.39, 0.29) is 0 Å². The lowest BCUT2D eigenvalue weighted by atomic mass is 10.1. The number of benzene rings is 2. The molecule has 0 aliphatic carbocycles. The van der Waals surface area contributed by atoms with Crippen LogP contribution in [0.1, 0.15) is 21.5 Å². The first-order valence-electron chi connectivity index (χ1n) is 5.50. The van der Waals surface area contributed by atoms with E-state index in [1.165, 1.54) is 5.56 Å². The van der Waals surface area contributed by atoms with Crippen molar-refractivity contribution in [1.29, 1.82) is 0 Å². The summed E-state index contributed by atoms with van der Waals surface area (Å²) in [5.74, 6) is 0. The van der Waals surface area contributed by atoms with Crippen LogP contribution in [0.5, 0.6) is 0 Å². The van der Waals surface area contributed by atoms with Crippen molar-refractivity contribution in [2.45, 2.75) is 23.6 Å². The lowest BCUT2D eigenvalue weighted by Gasteiger charge is -2.08. The van der Waals surface area contributed by atoms with Crippen molar-refractivity contribution in [1.82, 2.24) is 0 Å². The number of hydrogen-bond acceptors (Lipinski definition) is 2.